The Morgan fingerprint density at radius 1 is 1.31 bits per heavy atom. The zero-order valence-corrected chi connectivity index (χ0v) is 10.1. The van der Waals surface area contributed by atoms with Crippen molar-refractivity contribution in [1.82, 2.24) is 4.90 Å². The fourth-order valence-corrected chi connectivity index (χ4v) is 2.30. The molecule has 0 bridgehead atoms. The lowest BCUT2D eigenvalue weighted by atomic mass is 10.1. The highest BCUT2D eigenvalue weighted by molar-refractivity contribution is 5.19. The minimum Gasteiger partial charge on any atom is -0.330 e. The monoisotopic (exact) mass is 218 g/mol. The Kier molecular flexibility index (Phi) is 3.97. The van der Waals surface area contributed by atoms with Crippen LogP contribution in [-0.2, 0) is 0 Å². The van der Waals surface area contributed by atoms with Gasteiger partial charge in [-0.25, -0.2) is 0 Å². The molecule has 2 heteroatoms. The largest absolute Gasteiger partial charge is 0.330 e. The molecule has 2 rings (SSSR count). The fraction of sp³-hybridized carbons (Fsp3) is 0.571. The lowest BCUT2D eigenvalue weighted by molar-refractivity contribution is 0.199. The van der Waals surface area contributed by atoms with Crippen LogP contribution in [-0.4, -0.2) is 24.0 Å². The second-order valence-electron chi connectivity index (χ2n) is 4.70. The van der Waals surface area contributed by atoms with E-state index in [0.29, 0.717) is 6.04 Å². The summed E-state index contributed by atoms with van der Waals surface area (Å²) in [6.07, 6.45) is 3.83. The topological polar surface area (TPSA) is 29.3 Å². The maximum atomic E-state index is 5.61. The first-order chi connectivity index (χ1) is 7.83. The van der Waals surface area contributed by atoms with Gasteiger partial charge in [-0.15, -0.1) is 0 Å². The van der Waals surface area contributed by atoms with Crippen LogP contribution in [0.4, 0.5) is 0 Å². The minimum atomic E-state index is 0.528. The van der Waals surface area contributed by atoms with Crippen LogP contribution in [0.25, 0.3) is 0 Å². The molecule has 0 heterocycles. The molecule has 1 aliphatic rings. The molecule has 0 amide bonds. The summed E-state index contributed by atoms with van der Waals surface area (Å²) in [6.45, 7) is 4.24. The van der Waals surface area contributed by atoms with Crippen molar-refractivity contribution < 1.29 is 0 Å². The summed E-state index contributed by atoms with van der Waals surface area (Å²) in [5, 5.41) is 0. The first-order valence-electron chi connectivity index (χ1n) is 6.33. The van der Waals surface area contributed by atoms with E-state index in [4.69, 9.17) is 5.73 Å². The number of nitrogens with zero attached hydrogens (tertiary/aromatic N) is 1. The maximum Gasteiger partial charge on any atom is 0.0322 e. The summed E-state index contributed by atoms with van der Waals surface area (Å²) in [4.78, 5) is 2.61. The van der Waals surface area contributed by atoms with E-state index in [1.54, 1.807) is 0 Å². The van der Waals surface area contributed by atoms with Crippen molar-refractivity contribution in [3.63, 3.8) is 0 Å². The van der Waals surface area contributed by atoms with Gasteiger partial charge in [-0.3, -0.25) is 4.90 Å². The summed E-state index contributed by atoms with van der Waals surface area (Å²) in [7, 11) is 0. The Labute approximate surface area is 98.4 Å². The van der Waals surface area contributed by atoms with E-state index in [0.717, 1.165) is 25.6 Å². The number of benzene rings is 1. The van der Waals surface area contributed by atoms with Gasteiger partial charge in [-0.05, 0) is 38.3 Å². The molecule has 2 N–H and O–H groups in total. The summed E-state index contributed by atoms with van der Waals surface area (Å²) in [6, 6.07) is 12.1. The number of hydrogen-bond acceptors (Lipinski definition) is 2. The first-order valence-corrected chi connectivity index (χ1v) is 6.33. The van der Waals surface area contributed by atoms with Crippen LogP contribution in [0.3, 0.4) is 0 Å². The zero-order valence-electron chi connectivity index (χ0n) is 10.1. The molecule has 0 radical (unpaired) electrons. The minimum absolute atomic E-state index is 0.528. The van der Waals surface area contributed by atoms with Gasteiger partial charge in [0.2, 0.25) is 0 Å². The van der Waals surface area contributed by atoms with E-state index < -0.39 is 0 Å². The van der Waals surface area contributed by atoms with Gasteiger partial charge in [0.25, 0.3) is 0 Å². The summed E-state index contributed by atoms with van der Waals surface area (Å²) < 4.78 is 0. The molecule has 0 aromatic heterocycles. The molecule has 88 valence electrons. The van der Waals surface area contributed by atoms with Crippen molar-refractivity contribution in [1.29, 1.82) is 0 Å². The number of nitrogens with two attached hydrogens (primary N) is 1. The van der Waals surface area contributed by atoms with E-state index in [1.165, 1.54) is 18.4 Å². The van der Waals surface area contributed by atoms with Crippen molar-refractivity contribution >= 4 is 0 Å². The van der Waals surface area contributed by atoms with E-state index >= 15 is 0 Å². The Bertz CT molecular complexity index is 306. The van der Waals surface area contributed by atoms with Crippen LogP contribution in [0.15, 0.2) is 30.3 Å². The number of rotatable bonds is 6. The second-order valence-corrected chi connectivity index (χ2v) is 4.70. The Morgan fingerprint density at radius 3 is 2.56 bits per heavy atom. The second kappa shape index (κ2) is 5.46. The van der Waals surface area contributed by atoms with Crippen LogP contribution < -0.4 is 5.73 Å². The van der Waals surface area contributed by atoms with Crippen molar-refractivity contribution in [3.05, 3.63) is 35.9 Å². The molecule has 0 spiro atoms. The number of hydrogen-bond donors (Lipinski definition) is 1. The van der Waals surface area contributed by atoms with Gasteiger partial charge in [0.1, 0.15) is 0 Å². The quantitative estimate of drug-likeness (QED) is 0.795. The molecule has 1 fully saturated rings. The molecule has 0 aliphatic heterocycles. The standard InChI is InChI=1S/C14H22N2/c1-12(13-6-3-2-4-7-13)16(11-5-10-15)14-8-9-14/h2-4,6-7,12,14H,5,8-11,15H2,1H3. The van der Waals surface area contributed by atoms with Crippen LogP contribution >= 0.6 is 0 Å². The Balaban J connectivity index is 2.01. The van der Waals surface area contributed by atoms with Gasteiger partial charge in [0, 0.05) is 18.6 Å². The Hall–Kier alpha value is -0.860. The van der Waals surface area contributed by atoms with Gasteiger partial charge in [0.05, 0.1) is 0 Å². The molecule has 2 nitrogen and oxygen atoms in total. The SMILES string of the molecule is CC(c1ccccc1)N(CCCN)C1CC1. The van der Waals surface area contributed by atoms with Crippen LogP contribution in [0, 0.1) is 0 Å². The maximum absolute atomic E-state index is 5.61. The van der Waals surface area contributed by atoms with Gasteiger partial charge in [0.15, 0.2) is 0 Å². The van der Waals surface area contributed by atoms with Gasteiger partial charge in [-0.1, -0.05) is 30.3 Å². The third-order valence-electron chi connectivity index (χ3n) is 3.42. The smallest absolute Gasteiger partial charge is 0.0322 e. The van der Waals surface area contributed by atoms with Gasteiger partial charge < -0.3 is 5.73 Å². The third kappa shape index (κ3) is 2.83. The van der Waals surface area contributed by atoms with E-state index in [-0.39, 0.29) is 0 Å². The van der Waals surface area contributed by atoms with E-state index in [2.05, 4.69) is 42.2 Å². The van der Waals surface area contributed by atoms with Crippen LogP contribution in [0.5, 0.6) is 0 Å². The van der Waals surface area contributed by atoms with Crippen molar-refractivity contribution in [2.45, 2.75) is 38.3 Å². The van der Waals surface area contributed by atoms with E-state index in [9.17, 15) is 0 Å². The molecule has 1 saturated carbocycles. The fourth-order valence-electron chi connectivity index (χ4n) is 2.30. The molecule has 1 unspecified atom stereocenters. The predicted molar refractivity (Wildman–Crippen MR) is 68.3 cm³/mol. The highest BCUT2D eigenvalue weighted by Crippen LogP contribution is 2.34. The molecule has 1 atom stereocenters. The molecule has 16 heavy (non-hydrogen) atoms. The predicted octanol–water partition coefficient (Wildman–Crippen LogP) is 2.56. The molecule has 0 saturated heterocycles. The molecular weight excluding hydrogens is 196 g/mol. The first kappa shape index (κ1) is 11.6. The van der Waals surface area contributed by atoms with Crippen molar-refractivity contribution in [2.24, 2.45) is 5.73 Å². The molecule has 1 aromatic rings. The summed E-state index contributed by atoms with van der Waals surface area (Å²) in [5.74, 6) is 0. The zero-order chi connectivity index (χ0) is 11.4. The molecule has 1 aromatic carbocycles. The summed E-state index contributed by atoms with van der Waals surface area (Å²) >= 11 is 0. The Morgan fingerprint density at radius 2 is 2.00 bits per heavy atom. The van der Waals surface area contributed by atoms with Gasteiger partial charge in [-0.2, -0.15) is 0 Å². The molecular formula is C14H22N2. The van der Waals surface area contributed by atoms with Crippen LogP contribution in [0.1, 0.15) is 37.8 Å². The van der Waals surface area contributed by atoms with E-state index in [1.807, 2.05) is 0 Å². The van der Waals surface area contributed by atoms with Crippen molar-refractivity contribution in [3.8, 4) is 0 Å². The van der Waals surface area contributed by atoms with Crippen molar-refractivity contribution in [2.75, 3.05) is 13.1 Å². The van der Waals surface area contributed by atoms with Crippen LogP contribution in [0.2, 0.25) is 0 Å². The average molecular weight is 218 g/mol. The highest BCUT2D eigenvalue weighted by atomic mass is 15.2. The summed E-state index contributed by atoms with van der Waals surface area (Å²) in [5.41, 5.74) is 7.03. The average Bonchev–Trinajstić information content (AvgIpc) is 3.15. The third-order valence-corrected chi connectivity index (χ3v) is 3.42. The normalized spacial score (nSPS) is 17.7. The lowest BCUT2D eigenvalue weighted by Crippen LogP contribution is -2.31. The van der Waals surface area contributed by atoms with Gasteiger partial charge >= 0.3 is 0 Å². The molecule has 1 aliphatic carbocycles. The highest BCUT2D eigenvalue weighted by Gasteiger charge is 2.31. The lowest BCUT2D eigenvalue weighted by Gasteiger charge is -2.29.